The van der Waals surface area contributed by atoms with Gasteiger partial charge in [-0.15, -0.1) is 0 Å². The van der Waals surface area contributed by atoms with Crippen LogP contribution < -0.4 is 5.32 Å². The molecule has 2 aromatic rings. The third-order valence-corrected chi connectivity index (χ3v) is 4.58. The lowest BCUT2D eigenvalue weighted by Crippen LogP contribution is -2.47. The Morgan fingerprint density at radius 2 is 2.00 bits per heavy atom. The first kappa shape index (κ1) is 15.0. The Morgan fingerprint density at radius 3 is 2.82 bits per heavy atom. The molecule has 3 nitrogen and oxygen atoms in total. The lowest BCUT2D eigenvalue weighted by molar-refractivity contribution is -0.132. The fourth-order valence-electron chi connectivity index (χ4n) is 3.24. The number of hydrogen-bond acceptors (Lipinski definition) is 2. The molecule has 1 aliphatic heterocycles. The molecule has 1 N–H and O–H groups in total. The van der Waals surface area contributed by atoms with Crippen LogP contribution in [0.3, 0.4) is 0 Å². The highest BCUT2D eigenvalue weighted by molar-refractivity contribution is 5.86. The lowest BCUT2D eigenvalue weighted by Gasteiger charge is -2.27. The van der Waals surface area contributed by atoms with Gasteiger partial charge in [0, 0.05) is 13.6 Å². The van der Waals surface area contributed by atoms with Gasteiger partial charge in [-0.1, -0.05) is 48.9 Å². The second-order valence-electron chi connectivity index (χ2n) is 6.15. The van der Waals surface area contributed by atoms with E-state index in [9.17, 15) is 4.79 Å². The first-order valence-corrected chi connectivity index (χ1v) is 8.21. The highest BCUT2D eigenvalue weighted by Crippen LogP contribution is 2.19. The molecule has 22 heavy (non-hydrogen) atoms. The van der Waals surface area contributed by atoms with Crippen LogP contribution in [0.5, 0.6) is 0 Å². The molecule has 0 aliphatic carbocycles. The molecule has 0 bridgehead atoms. The Bertz CT molecular complexity index is 641. The summed E-state index contributed by atoms with van der Waals surface area (Å²) in [6, 6.07) is 14.9. The number of carbonyl (C=O) groups is 1. The average Bonchev–Trinajstić information content (AvgIpc) is 2.59. The second-order valence-corrected chi connectivity index (χ2v) is 6.15. The zero-order valence-electron chi connectivity index (χ0n) is 13.2. The van der Waals surface area contributed by atoms with Crippen LogP contribution >= 0.6 is 0 Å². The molecular weight excluding hydrogens is 272 g/mol. The van der Waals surface area contributed by atoms with Crippen LogP contribution in [0.1, 0.15) is 24.8 Å². The molecule has 0 aromatic heterocycles. The summed E-state index contributed by atoms with van der Waals surface area (Å²) in [6.07, 6.45) is 4.21. The van der Waals surface area contributed by atoms with E-state index in [-0.39, 0.29) is 11.9 Å². The molecular formula is C19H24N2O. The Balaban J connectivity index is 1.64. The summed E-state index contributed by atoms with van der Waals surface area (Å²) in [5.74, 6) is 0.236. The van der Waals surface area contributed by atoms with Gasteiger partial charge in [0.15, 0.2) is 0 Å². The summed E-state index contributed by atoms with van der Waals surface area (Å²) < 4.78 is 0. The average molecular weight is 296 g/mol. The summed E-state index contributed by atoms with van der Waals surface area (Å²) in [5.41, 5.74) is 1.31. The van der Waals surface area contributed by atoms with Crippen LogP contribution in [0.25, 0.3) is 10.8 Å². The fraction of sp³-hybridized carbons (Fsp3) is 0.421. The predicted molar refractivity (Wildman–Crippen MR) is 90.9 cm³/mol. The van der Waals surface area contributed by atoms with Crippen molar-refractivity contribution in [2.45, 2.75) is 31.7 Å². The van der Waals surface area contributed by atoms with Crippen molar-refractivity contribution in [2.75, 3.05) is 20.1 Å². The van der Waals surface area contributed by atoms with Crippen molar-refractivity contribution >= 4 is 16.7 Å². The molecule has 1 fully saturated rings. The normalized spacial score (nSPS) is 18.3. The van der Waals surface area contributed by atoms with E-state index in [1.165, 1.54) is 22.8 Å². The number of benzene rings is 2. The van der Waals surface area contributed by atoms with Crippen LogP contribution in [0.15, 0.2) is 42.5 Å². The molecule has 1 unspecified atom stereocenters. The minimum Gasteiger partial charge on any atom is -0.344 e. The zero-order valence-corrected chi connectivity index (χ0v) is 13.2. The van der Waals surface area contributed by atoms with Gasteiger partial charge in [-0.2, -0.15) is 0 Å². The molecule has 1 aliphatic rings. The maximum atomic E-state index is 12.4. The van der Waals surface area contributed by atoms with E-state index in [2.05, 4.69) is 47.8 Å². The number of piperidine rings is 1. The van der Waals surface area contributed by atoms with Gasteiger partial charge < -0.3 is 10.2 Å². The first-order chi connectivity index (χ1) is 10.8. The van der Waals surface area contributed by atoms with Gasteiger partial charge in [-0.25, -0.2) is 0 Å². The van der Waals surface area contributed by atoms with Gasteiger partial charge in [0.1, 0.15) is 0 Å². The minimum atomic E-state index is 0.0197. The third kappa shape index (κ3) is 3.30. The molecule has 1 atom stereocenters. The zero-order chi connectivity index (χ0) is 15.4. The van der Waals surface area contributed by atoms with E-state index in [0.717, 1.165) is 32.4 Å². The van der Waals surface area contributed by atoms with Crippen molar-refractivity contribution < 1.29 is 4.79 Å². The lowest BCUT2D eigenvalue weighted by atomic mass is 10.0. The standard InChI is InChI=1S/C19H24N2O/c1-21(19(22)18-11-4-5-13-20-18)14-12-16-9-6-8-15-7-2-3-10-17(15)16/h2-3,6-10,18,20H,4-5,11-14H2,1H3. The molecule has 1 heterocycles. The second kappa shape index (κ2) is 6.93. The Kier molecular flexibility index (Phi) is 4.74. The van der Waals surface area contributed by atoms with Gasteiger partial charge in [0.2, 0.25) is 5.91 Å². The van der Waals surface area contributed by atoms with E-state index in [1.54, 1.807) is 0 Å². The van der Waals surface area contributed by atoms with Gasteiger partial charge in [-0.05, 0) is 42.1 Å². The van der Waals surface area contributed by atoms with Crippen LogP contribution in [0.4, 0.5) is 0 Å². The number of carbonyl (C=O) groups excluding carboxylic acids is 1. The van der Waals surface area contributed by atoms with Crippen molar-refractivity contribution in [3.8, 4) is 0 Å². The largest absolute Gasteiger partial charge is 0.344 e. The SMILES string of the molecule is CN(CCc1cccc2ccccc12)C(=O)C1CCCCN1. The van der Waals surface area contributed by atoms with E-state index >= 15 is 0 Å². The van der Waals surface area contributed by atoms with Crippen molar-refractivity contribution in [1.82, 2.24) is 10.2 Å². The van der Waals surface area contributed by atoms with Crippen LogP contribution in [-0.4, -0.2) is 37.0 Å². The van der Waals surface area contributed by atoms with Crippen molar-refractivity contribution in [3.63, 3.8) is 0 Å². The smallest absolute Gasteiger partial charge is 0.239 e. The summed E-state index contributed by atoms with van der Waals surface area (Å²) in [6.45, 7) is 1.73. The third-order valence-electron chi connectivity index (χ3n) is 4.58. The Morgan fingerprint density at radius 1 is 1.18 bits per heavy atom. The molecule has 3 rings (SSSR count). The first-order valence-electron chi connectivity index (χ1n) is 8.21. The van der Waals surface area contributed by atoms with Crippen LogP contribution in [0, 0.1) is 0 Å². The van der Waals surface area contributed by atoms with Gasteiger partial charge >= 0.3 is 0 Å². The summed E-state index contributed by atoms with van der Waals surface area (Å²) in [4.78, 5) is 14.3. The monoisotopic (exact) mass is 296 g/mol. The quantitative estimate of drug-likeness (QED) is 0.940. The van der Waals surface area contributed by atoms with Gasteiger partial charge in [-0.3, -0.25) is 4.79 Å². The van der Waals surface area contributed by atoms with Crippen molar-refractivity contribution in [2.24, 2.45) is 0 Å². The fourth-order valence-corrected chi connectivity index (χ4v) is 3.24. The molecule has 2 aromatic carbocycles. The van der Waals surface area contributed by atoms with Crippen molar-refractivity contribution in [3.05, 3.63) is 48.0 Å². The van der Waals surface area contributed by atoms with E-state index in [1.807, 2.05) is 11.9 Å². The molecule has 0 spiro atoms. The van der Waals surface area contributed by atoms with E-state index in [4.69, 9.17) is 0 Å². The minimum absolute atomic E-state index is 0.0197. The van der Waals surface area contributed by atoms with Crippen LogP contribution in [-0.2, 0) is 11.2 Å². The topological polar surface area (TPSA) is 32.3 Å². The summed E-state index contributed by atoms with van der Waals surface area (Å²) in [7, 11) is 1.92. The highest BCUT2D eigenvalue weighted by Gasteiger charge is 2.23. The predicted octanol–water partition coefficient (Wildman–Crippen LogP) is 2.98. The summed E-state index contributed by atoms with van der Waals surface area (Å²) >= 11 is 0. The number of nitrogens with zero attached hydrogens (tertiary/aromatic N) is 1. The van der Waals surface area contributed by atoms with Crippen LogP contribution in [0.2, 0.25) is 0 Å². The number of nitrogens with one attached hydrogen (secondary N) is 1. The molecule has 1 saturated heterocycles. The molecule has 0 saturated carbocycles. The number of hydrogen-bond donors (Lipinski definition) is 1. The number of fused-ring (bicyclic) bond motifs is 1. The Hall–Kier alpha value is -1.87. The highest BCUT2D eigenvalue weighted by atomic mass is 16.2. The van der Waals surface area contributed by atoms with Crippen molar-refractivity contribution in [1.29, 1.82) is 0 Å². The van der Waals surface area contributed by atoms with Gasteiger partial charge in [0.05, 0.1) is 6.04 Å². The Labute approximate surface area is 132 Å². The summed E-state index contributed by atoms with van der Waals surface area (Å²) in [5, 5.41) is 5.90. The number of amides is 1. The molecule has 3 heteroatoms. The van der Waals surface area contributed by atoms with Gasteiger partial charge in [0.25, 0.3) is 0 Å². The number of likely N-dealkylation sites (N-methyl/N-ethyl adjacent to an activating group) is 1. The number of rotatable bonds is 4. The molecule has 1 amide bonds. The molecule has 0 radical (unpaired) electrons. The van der Waals surface area contributed by atoms with E-state index < -0.39 is 0 Å². The van der Waals surface area contributed by atoms with E-state index in [0.29, 0.717) is 0 Å². The maximum Gasteiger partial charge on any atom is 0.239 e. The maximum absolute atomic E-state index is 12.4. The molecule has 116 valence electrons.